The van der Waals surface area contributed by atoms with Gasteiger partial charge in [-0.1, -0.05) is 30.3 Å². The van der Waals surface area contributed by atoms with Crippen LogP contribution in [0.1, 0.15) is 28.4 Å². The first-order valence-electron chi connectivity index (χ1n) is 7.84. The van der Waals surface area contributed by atoms with Crippen molar-refractivity contribution in [3.63, 3.8) is 0 Å². The zero-order chi connectivity index (χ0) is 16.9. The summed E-state index contributed by atoms with van der Waals surface area (Å²) in [7, 11) is 1.74. The third kappa shape index (κ3) is 3.58. The summed E-state index contributed by atoms with van der Waals surface area (Å²) < 4.78 is 0. The summed E-state index contributed by atoms with van der Waals surface area (Å²) in [6.45, 7) is 0.466. The summed E-state index contributed by atoms with van der Waals surface area (Å²) in [5.41, 5.74) is 2.89. The Bertz CT molecular complexity index is 836. The number of hydrogen-bond acceptors (Lipinski definition) is 4. The molecule has 0 saturated heterocycles. The Morgan fingerprint density at radius 3 is 2.54 bits per heavy atom. The van der Waals surface area contributed by atoms with Gasteiger partial charge in [-0.3, -0.25) is 14.8 Å². The predicted octanol–water partition coefficient (Wildman–Crippen LogP) is 2.83. The van der Waals surface area contributed by atoms with Crippen molar-refractivity contribution in [2.45, 2.75) is 12.5 Å². The molecule has 1 aromatic heterocycles. The van der Waals surface area contributed by atoms with Crippen LogP contribution in [0.2, 0.25) is 0 Å². The molecule has 24 heavy (non-hydrogen) atoms. The second-order valence-corrected chi connectivity index (χ2v) is 5.70. The minimum atomic E-state index is -0.580. The standard InChI is InChI=1S/C19H19N3O2/c1-22(12-9-18(23)14-5-3-2-4-6-14)19(24)15-7-8-16-17(13-15)21-11-10-20-16/h2-8,10-11,13,18,23H,9,12H2,1H3/t18-/m0/s1. The smallest absolute Gasteiger partial charge is 0.253 e. The molecule has 0 fully saturated rings. The first-order valence-corrected chi connectivity index (χ1v) is 7.84. The van der Waals surface area contributed by atoms with E-state index in [0.717, 1.165) is 11.1 Å². The molecule has 3 rings (SSSR count). The molecule has 0 unspecified atom stereocenters. The minimum Gasteiger partial charge on any atom is -0.388 e. The summed E-state index contributed by atoms with van der Waals surface area (Å²) in [6, 6.07) is 14.8. The molecule has 0 aliphatic carbocycles. The van der Waals surface area contributed by atoms with Gasteiger partial charge < -0.3 is 10.0 Å². The Hall–Kier alpha value is -2.79. The highest BCUT2D eigenvalue weighted by Gasteiger charge is 2.15. The Kier molecular flexibility index (Phi) is 4.82. The number of aliphatic hydroxyl groups excluding tert-OH is 1. The van der Waals surface area contributed by atoms with E-state index in [0.29, 0.717) is 24.0 Å². The molecule has 122 valence electrons. The third-order valence-corrected chi connectivity index (χ3v) is 3.99. The van der Waals surface area contributed by atoms with Crippen LogP contribution < -0.4 is 0 Å². The molecular weight excluding hydrogens is 302 g/mol. The van der Waals surface area contributed by atoms with Crippen molar-refractivity contribution in [1.82, 2.24) is 14.9 Å². The van der Waals surface area contributed by atoms with Gasteiger partial charge in [-0.2, -0.15) is 0 Å². The molecule has 0 aliphatic heterocycles. The number of carbonyl (C=O) groups is 1. The third-order valence-electron chi connectivity index (χ3n) is 3.99. The lowest BCUT2D eigenvalue weighted by atomic mass is 10.1. The van der Waals surface area contributed by atoms with Crippen LogP contribution in [0.4, 0.5) is 0 Å². The number of fused-ring (bicyclic) bond motifs is 1. The topological polar surface area (TPSA) is 66.3 Å². The van der Waals surface area contributed by atoms with Gasteiger partial charge in [-0.25, -0.2) is 0 Å². The van der Waals surface area contributed by atoms with Crippen molar-refractivity contribution in [2.24, 2.45) is 0 Å². The van der Waals surface area contributed by atoms with E-state index in [1.54, 1.807) is 42.5 Å². The molecular formula is C19H19N3O2. The number of hydrogen-bond donors (Lipinski definition) is 1. The van der Waals surface area contributed by atoms with Crippen molar-refractivity contribution >= 4 is 16.9 Å². The van der Waals surface area contributed by atoms with Gasteiger partial charge in [0, 0.05) is 31.5 Å². The number of nitrogens with zero attached hydrogens (tertiary/aromatic N) is 3. The SMILES string of the molecule is CN(CC[C@H](O)c1ccccc1)C(=O)c1ccc2nccnc2c1. The highest BCUT2D eigenvalue weighted by Crippen LogP contribution is 2.17. The van der Waals surface area contributed by atoms with Crippen LogP contribution in [0.3, 0.4) is 0 Å². The average molecular weight is 321 g/mol. The van der Waals surface area contributed by atoms with Gasteiger partial charge in [0.1, 0.15) is 0 Å². The van der Waals surface area contributed by atoms with Crippen molar-refractivity contribution in [3.8, 4) is 0 Å². The summed E-state index contributed by atoms with van der Waals surface area (Å²) in [4.78, 5) is 22.6. The van der Waals surface area contributed by atoms with E-state index in [2.05, 4.69) is 9.97 Å². The van der Waals surface area contributed by atoms with Crippen LogP contribution in [-0.4, -0.2) is 39.5 Å². The molecule has 5 heteroatoms. The van der Waals surface area contributed by atoms with E-state index in [4.69, 9.17) is 0 Å². The van der Waals surface area contributed by atoms with Gasteiger partial charge in [0.2, 0.25) is 0 Å². The summed E-state index contributed by atoms with van der Waals surface area (Å²) in [5.74, 6) is -0.0946. The Labute approximate surface area is 140 Å². The fourth-order valence-corrected chi connectivity index (χ4v) is 2.58. The molecule has 0 bridgehead atoms. The molecule has 1 atom stereocenters. The fraction of sp³-hybridized carbons (Fsp3) is 0.211. The zero-order valence-corrected chi connectivity index (χ0v) is 13.5. The average Bonchev–Trinajstić information content (AvgIpc) is 2.65. The van der Waals surface area contributed by atoms with Crippen LogP contribution in [0.25, 0.3) is 11.0 Å². The maximum atomic E-state index is 12.5. The molecule has 0 spiro atoms. The van der Waals surface area contributed by atoms with Gasteiger partial charge in [-0.15, -0.1) is 0 Å². The molecule has 5 nitrogen and oxygen atoms in total. The number of aliphatic hydroxyl groups is 1. The van der Waals surface area contributed by atoms with Gasteiger partial charge >= 0.3 is 0 Å². The summed E-state index contributed by atoms with van der Waals surface area (Å²) in [5, 5.41) is 10.2. The maximum Gasteiger partial charge on any atom is 0.253 e. The van der Waals surface area contributed by atoms with Crippen LogP contribution >= 0.6 is 0 Å². The molecule has 1 N–H and O–H groups in total. The first kappa shape index (κ1) is 16.1. The van der Waals surface area contributed by atoms with Gasteiger partial charge in [-0.05, 0) is 30.2 Å². The summed E-state index contributed by atoms with van der Waals surface area (Å²) in [6.07, 6.45) is 3.14. The van der Waals surface area contributed by atoms with E-state index in [1.165, 1.54) is 0 Å². The zero-order valence-electron chi connectivity index (χ0n) is 13.5. The molecule has 0 saturated carbocycles. The summed E-state index contributed by atoms with van der Waals surface area (Å²) >= 11 is 0. The van der Waals surface area contributed by atoms with E-state index in [9.17, 15) is 9.90 Å². The van der Waals surface area contributed by atoms with E-state index in [1.807, 2.05) is 30.3 Å². The normalized spacial score (nSPS) is 12.1. The number of rotatable bonds is 5. The number of amides is 1. The molecule has 1 heterocycles. The molecule has 2 aromatic carbocycles. The lowest BCUT2D eigenvalue weighted by molar-refractivity contribution is 0.0761. The molecule has 0 radical (unpaired) electrons. The number of aromatic nitrogens is 2. The monoisotopic (exact) mass is 321 g/mol. The van der Waals surface area contributed by atoms with Crippen LogP contribution in [0.5, 0.6) is 0 Å². The largest absolute Gasteiger partial charge is 0.388 e. The van der Waals surface area contributed by atoms with Crippen LogP contribution in [-0.2, 0) is 0 Å². The van der Waals surface area contributed by atoms with Crippen molar-refractivity contribution in [1.29, 1.82) is 0 Å². The van der Waals surface area contributed by atoms with Crippen molar-refractivity contribution in [3.05, 3.63) is 72.1 Å². The van der Waals surface area contributed by atoms with Gasteiger partial charge in [0.25, 0.3) is 5.91 Å². The number of benzene rings is 2. The van der Waals surface area contributed by atoms with Gasteiger partial charge in [0.15, 0.2) is 0 Å². The lowest BCUT2D eigenvalue weighted by Gasteiger charge is -2.19. The molecule has 1 amide bonds. The fourth-order valence-electron chi connectivity index (χ4n) is 2.58. The van der Waals surface area contributed by atoms with Crippen molar-refractivity contribution in [2.75, 3.05) is 13.6 Å². The Balaban J connectivity index is 1.65. The van der Waals surface area contributed by atoms with E-state index in [-0.39, 0.29) is 5.91 Å². The highest BCUT2D eigenvalue weighted by molar-refractivity contribution is 5.97. The Morgan fingerprint density at radius 2 is 1.79 bits per heavy atom. The van der Waals surface area contributed by atoms with Crippen molar-refractivity contribution < 1.29 is 9.90 Å². The van der Waals surface area contributed by atoms with Gasteiger partial charge in [0.05, 0.1) is 17.1 Å². The van der Waals surface area contributed by atoms with E-state index < -0.39 is 6.10 Å². The first-order chi connectivity index (χ1) is 11.6. The molecule has 0 aliphatic rings. The Morgan fingerprint density at radius 1 is 1.08 bits per heavy atom. The second-order valence-electron chi connectivity index (χ2n) is 5.70. The number of carbonyl (C=O) groups excluding carboxylic acids is 1. The highest BCUT2D eigenvalue weighted by atomic mass is 16.3. The predicted molar refractivity (Wildman–Crippen MR) is 92.5 cm³/mol. The maximum absolute atomic E-state index is 12.5. The van der Waals surface area contributed by atoms with E-state index >= 15 is 0 Å². The van der Waals surface area contributed by atoms with Crippen LogP contribution in [0, 0.1) is 0 Å². The quantitative estimate of drug-likeness (QED) is 0.785. The second kappa shape index (κ2) is 7.19. The van der Waals surface area contributed by atoms with Crippen LogP contribution in [0.15, 0.2) is 60.9 Å². The molecule has 3 aromatic rings. The lowest BCUT2D eigenvalue weighted by Crippen LogP contribution is -2.28. The minimum absolute atomic E-state index is 0.0946.